The lowest BCUT2D eigenvalue weighted by Gasteiger charge is -1.98. The molecule has 112 valence electrons. The highest BCUT2D eigenvalue weighted by Crippen LogP contribution is 2.32. The normalized spacial score (nSPS) is 14.7. The molecular weight excluding hydrogens is 358 g/mol. The van der Waals surface area contributed by atoms with Crippen molar-refractivity contribution in [3.63, 3.8) is 0 Å². The van der Waals surface area contributed by atoms with Crippen LogP contribution in [0.1, 0.15) is 5.82 Å². The Kier molecular flexibility index (Phi) is 4.08. The van der Waals surface area contributed by atoms with Crippen molar-refractivity contribution in [3.8, 4) is 10.6 Å². The van der Waals surface area contributed by atoms with E-state index in [4.69, 9.17) is 11.6 Å². The zero-order valence-corrected chi connectivity index (χ0v) is 14.5. The molecule has 3 heterocycles. The van der Waals surface area contributed by atoms with Gasteiger partial charge in [-0.2, -0.15) is 9.61 Å². The number of benzene rings is 1. The van der Waals surface area contributed by atoms with Crippen LogP contribution in [-0.2, 0) is 5.75 Å². The van der Waals surface area contributed by atoms with Crippen molar-refractivity contribution in [2.24, 2.45) is 4.99 Å². The minimum atomic E-state index is 0.695. The van der Waals surface area contributed by atoms with Crippen LogP contribution in [0.4, 0.5) is 0 Å². The van der Waals surface area contributed by atoms with E-state index in [1.165, 1.54) is 11.3 Å². The van der Waals surface area contributed by atoms with Gasteiger partial charge < -0.3 is 0 Å². The van der Waals surface area contributed by atoms with Gasteiger partial charge in [-0.15, -0.1) is 10.2 Å². The highest BCUT2D eigenvalue weighted by Gasteiger charge is 2.16. The predicted octanol–water partition coefficient (Wildman–Crippen LogP) is 3.84. The maximum atomic E-state index is 6.24. The molecule has 0 atom stereocenters. The third-order valence-electron chi connectivity index (χ3n) is 3.04. The van der Waals surface area contributed by atoms with Crippen LogP contribution in [0, 0.1) is 0 Å². The van der Waals surface area contributed by atoms with Gasteiger partial charge in [0, 0.05) is 11.3 Å². The molecule has 0 unspecified atom stereocenters. The molecule has 1 aromatic carbocycles. The monoisotopic (exact) mass is 367 g/mol. The van der Waals surface area contributed by atoms with Gasteiger partial charge in [-0.1, -0.05) is 64.7 Å². The first-order valence-corrected chi connectivity index (χ1v) is 9.74. The molecule has 0 bridgehead atoms. The van der Waals surface area contributed by atoms with Crippen molar-refractivity contribution in [3.05, 3.63) is 35.1 Å². The molecule has 0 N–H and O–H groups in total. The smallest absolute Gasteiger partial charge is 0.235 e. The van der Waals surface area contributed by atoms with Gasteiger partial charge in [0.25, 0.3) is 0 Å². The van der Waals surface area contributed by atoms with E-state index in [2.05, 4.69) is 20.3 Å². The molecule has 5 nitrogen and oxygen atoms in total. The number of aliphatic imine (C=N–C) groups is 1. The van der Waals surface area contributed by atoms with Crippen LogP contribution in [0.15, 0.2) is 29.3 Å². The van der Waals surface area contributed by atoms with Crippen LogP contribution in [-0.4, -0.2) is 36.5 Å². The summed E-state index contributed by atoms with van der Waals surface area (Å²) in [7, 11) is 0. The number of hydrogen-bond donors (Lipinski definition) is 0. The summed E-state index contributed by atoms with van der Waals surface area (Å²) in [6.45, 7) is 0.912. The summed E-state index contributed by atoms with van der Waals surface area (Å²) in [5, 5.41) is 14.6. The van der Waals surface area contributed by atoms with E-state index >= 15 is 0 Å². The molecule has 3 aromatic rings. The van der Waals surface area contributed by atoms with E-state index in [1.807, 2.05) is 24.3 Å². The van der Waals surface area contributed by atoms with E-state index in [9.17, 15) is 0 Å². The fourth-order valence-electron chi connectivity index (χ4n) is 2.02. The van der Waals surface area contributed by atoms with Crippen LogP contribution in [0.2, 0.25) is 5.02 Å². The molecule has 0 fully saturated rings. The maximum Gasteiger partial charge on any atom is 0.235 e. The van der Waals surface area contributed by atoms with Crippen LogP contribution in [0.5, 0.6) is 0 Å². The summed E-state index contributed by atoms with van der Waals surface area (Å²) < 4.78 is 2.93. The second-order valence-electron chi connectivity index (χ2n) is 4.48. The summed E-state index contributed by atoms with van der Waals surface area (Å²) in [5.74, 6) is 2.63. The second kappa shape index (κ2) is 6.19. The number of halogens is 1. The molecule has 1 aliphatic rings. The average Bonchev–Trinajstić information content (AvgIpc) is 3.23. The Balaban J connectivity index is 1.63. The van der Waals surface area contributed by atoms with Gasteiger partial charge in [-0.3, -0.25) is 4.99 Å². The lowest BCUT2D eigenvalue weighted by atomic mass is 10.2. The van der Waals surface area contributed by atoms with Crippen molar-refractivity contribution < 1.29 is 0 Å². The molecule has 0 saturated heterocycles. The lowest BCUT2D eigenvalue weighted by molar-refractivity contribution is 0.888. The second-order valence-corrected chi connectivity index (χ2v) is 8.15. The number of fused-ring (bicyclic) bond motifs is 1. The number of aromatic nitrogens is 4. The average molecular weight is 368 g/mol. The van der Waals surface area contributed by atoms with Crippen molar-refractivity contribution in [1.82, 2.24) is 19.8 Å². The van der Waals surface area contributed by atoms with Gasteiger partial charge in [0.05, 0.1) is 17.3 Å². The van der Waals surface area contributed by atoms with E-state index < -0.39 is 0 Å². The lowest BCUT2D eigenvalue weighted by Crippen LogP contribution is -1.95. The quantitative estimate of drug-likeness (QED) is 0.703. The fraction of sp³-hybridized carbons (Fsp3) is 0.231. The standard InChI is InChI=1S/C13H10ClN5S3/c14-9-4-2-1-3-8(9)11-18-19-10(16-17-12(19)22-11)7-21-13-15-5-6-20-13/h1-4H,5-7H2. The molecule has 0 spiro atoms. The Morgan fingerprint density at radius 3 is 3.00 bits per heavy atom. The molecular formula is C13H10ClN5S3. The molecule has 0 amide bonds. The molecule has 2 aromatic heterocycles. The minimum Gasteiger partial charge on any atom is -0.271 e. The van der Waals surface area contributed by atoms with E-state index in [-0.39, 0.29) is 0 Å². The van der Waals surface area contributed by atoms with Gasteiger partial charge in [0.2, 0.25) is 4.96 Å². The highest BCUT2D eigenvalue weighted by atomic mass is 35.5. The van der Waals surface area contributed by atoms with Gasteiger partial charge in [-0.05, 0) is 6.07 Å². The first kappa shape index (κ1) is 14.5. The van der Waals surface area contributed by atoms with Crippen molar-refractivity contribution in [2.75, 3.05) is 12.3 Å². The molecule has 1 aliphatic heterocycles. The molecule has 0 aliphatic carbocycles. The number of rotatable bonds is 3. The molecule has 0 radical (unpaired) electrons. The van der Waals surface area contributed by atoms with Crippen LogP contribution in [0.3, 0.4) is 0 Å². The van der Waals surface area contributed by atoms with E-state index in [0.717, 1.165) is 43.8 Å². The highest BCUT2D eigenvalue weighted by molar-refractivity contribution is 8.38. The summed E-state index contributed by atoms with van der Waals surface area (Å²) in [4.78, 5) is 5.21. The summed E-state index contributed by atoms with van der Waals surface area (Å²) in [6, 6.07) is 7.70. The Morgan fingerprint density at radius 1 is 1.27 bits per heavy atom. The number of hydrogen-bond acceptors (Lipinski definition) is 7. The van der Waals surface area contributed by atoms with Gasteiger partial charge >= 0.3 is 0 Å². The fourth-order valence-corrected chi connectivity index (χ4v) is 5.11. The SMILES string of the molecule is Clc1ccccc1-c1nn2c(CSC3=NCCS3)nnc2s1. The molecule has 0 saturated carbocycles. The molecule has 4 rings (SSSR count). The summed E-state index contributed by atoms with van der Waals surface area (Å²) in [5.41, 5.74) is 0.925. The maximum absolute atomic E-state index is 6.24. The predicted molar refractivity (Wildman–Crippen MR) is 95.2 cm³/mol. The zero-order valence-electron chi connectivity index (χ0n) is 11.3. The Bertz CT molecular complexity index is 856. The Hall–Kier alpha value is -1.09. The first-order chi connectivity index (χ1) is 10.8. The van der Waals surface area contributed by atoms with Crippen LogP contribution >= 0.6 is 46.5 Å². The van der Waals surface area contributed by atoms with Gasteiger partial charge in [0.1, 0.15) is 9.38 Å². The van der Waals surface area contributed by atoms with Crippen molar-refractivity contribution in [2.45, 2.75) is 5.75 Å². The topological polar surface area (TPSA) is 55.4 Å². The summed E-state index contributed by atoms with van der Waals surface area (Å²) >= 11 is 11.2. The number of nitrogens with zero attached hydrogens (tertiary/aromatic N) is 5. The molecule has 22 heavy (non-hydrogen) atoms. The Labute approximate surface area is 144 Å². The van der Waals surface area contributed by atoms with Crippen molar-refractivity contribution >= 4 is 55.8 Å². The van der Waals surface area contributed by atoms with Gasteiger partial charge in [0.15, 0.2) is 5.82 Å². The number of thioether (sulfide) groups is 2. The van der Waals surface area contributed by atoms with Gasteiger partial charge in [-0.25, -0.2) is 0 Å². The first-order valence-electron chi connectivity index (χ1n) is 6.57. The molecule has 9 heteroatoms. The van der Waals surface area contributed by atoms with E-state index in [1.54, 1.807) is 28.0 Å². The Morgan fingerprint density at radius 2 is 2.18 bits per heavy atom. The minimum absolute atomic E-state index is 0.695. The van der Waals surface area contributed by atoms with Crippen LogP contribution < -0.4 is 0 Å². The van der Waals surface area contributed by atoms with Crippen molar-refractivity contribution in [1.29, 1.82) is 0 Å². The third kappa shape index (κ3) is 2.76. The third-order valence-corrected chi connectivity index (χ3v) is 6.55. The largest absolute Gasteiger partial charge is 0.271 e. The van der Waals surface area contributed by atoms with E-state index in [0.29, 0.717) is 5.02 Å². The zero-order chi connectivity index (χ0) is 14.9. The van der Waals surface area contributed by atoms with Crippen LogP contribution in [0.25, 0.3) is 15.5 Å². The summed E-state index contributed by atoms with van der Waals surface area (Å²) in [6.07, 6.45) is 0.